The van der Waals surface area contributed by atoms with Gasteiger partial charge in [0.05, 0.1) is 10.5 Å². The topological polar surface area (TPSA) is 121 Å². The minimum atomic E-state index is -5.46. The van der Waals surface area contributed by atoms with Crippen LogP contribution in [0.5, 0.6) is 0 Å². The number of rotatable bonds is 6. The number of halogens is 4. The molecule has 1 aromatic rings. The maximum Gasteiger partial charge on any atom is 0.511 e. The van der Waals surface area contributed by atoms with Crippen LogP contribution in [0.3, 0.4) is 0 Å². The van der Waals surface area contributed by atoms with Gasteiger partial charge in [0, 0.05) is 24.7 Å². The number of sulfonamides is 2. The monoisotopic (exact) mass is 464 g/mol. The van der Waals surface area contributed by atoms with Gasteiger partial charge in [-0.3, -0.25) is 0 Å². The SMILES string of the molecule is O=C(O)c1cc(Cl)ccc1S(=O)(=O)N1CCC(CNS(=O)(=O)C(F)(F)F)CC1. The summed E-state index contributed by atoms with van der Waals surface area (Å²) in [6.07, 6.45) is 0.213. The lowest BCUT2D eigenvalue weighted by molar-refractivity contribution is -0.0449. The first-order valence-electron chi connectivity index (χ1n) is 7.84. The molecule has 0 unspecified atom stereocenters. The molecule has 0 amide bonds. The number of carboxylic acid groups (broad SMARTS) is 1. The Morgan fingerprint density at radius 1 is 1.21 bits per heavy atom. The number of nitrogens with zero attached hydrogens (tertiary/aromatic N) is 1. The molecule has 0 bridgehead atoms. The van der Waals surface area contributed by atoms with Crippen LogP contribution in [0.1, 0.15) is 23.2 Å². The van der Waals surface area contributed by atoms with Crippen molar-refractivity contribution in [3.05, 3.63) is 28.8 Å². The van der Waals surface area contributed by atoms with Gasteiger partial charge in [0.25, 0.3) is 0 Å². The summed E-state index contributed by atoms with van der Waals surface area (Å²) in [4.78, 5) is 10.9. The fourth-order valence-corrected chi connectivity index (χ4v) is 5.12. The van der Waals surface area contributed by atoms with E-state index in [1.807, 2.05) is 0 Å². The molecule has 0 aromatic heterocycles. The van der Waals surface area contributed by atoms with E-state index in [2.05, 4.69) is 0 Å². The molecule has 0 atom stereocenters. The Morgan fingerprint density at radius 3 is 2.29 bits per heavy atom. The highest BCUT2D eigenvalue weighted by atomic mass is 35.5. The molecule has 2 rings (SSSR count). The number of benzene rings is 1. The van der Waals surface area contributed by atoms with E-state index < -0.39 is 54.4 Å². The standard InChI is InChI=1S/C14H16ClF3N2O6S2/c15-10-1-2-12(11(7-10)13(21)22)27(23,24)20-5-3-9(4-6-20)8-19-28(25,26)14(16,17)18/h1-2,7,9,19H,3-6,8H2,(H,21,22). The molecule has 1 fully saturated rings. The molecule has 8 nitrogen and oxygen atoms in total. The van der Waals surface area contributed by atoms with Crippen molar-refractivity contribution in [3.63, 3.8) is 0 Å². The zero-order valence-electron chi connectivity index (χ0n) is 14.1. The lowest BCUT2D eigenvalue weighted by Crippen LogP contribution is -2.44. The highest BCUT2D eigenvalue weighted by molar-refractivity contribution is 7.90. The highest BCUT2D eigenvalue weighted by Gasteiger charge is 2.46. The molecule has 14 heteroatoms. The van der Waals surface area contributed by atoms with Gasteiger partial charge in [-0.2, -0.15) is 17.5 Å². The molecule has 0 aliphatic carbocycles. The second-order valence-corrected chi connectivity index (χ2v) is 10.2. The number of hydrogen-bond donors (Lipinski definition) is 2. The number of hydrogen-bond acceptors (Lipinski definition) is 5. The van der Waals surface area contributed by atoms with Crippen molar-refractivity contribution < 1.29 is 39.9 Å². The predicted octanol–water partition coefficient (Wildman–Crippen LogP) is 1.88. The second-order valence-electron chi connectivity index (χ2n) is 6.09. The van der Waals surface area contributed by atoms with Crippen molar-refractivity contribution in [2.45, 2.75) is 23.2 Å². The first kappa shape index (κ1) is 22.9. The van der Waals surface area contributed by atoms with Gasteiger partial charge in [-0.1, -0.05) is 11.6 Å². The quantitative estimate of drug-likeness (QED) is 0.663. The Morgan fingerprint density at radius 2 is 1.79 bits per heavy atom. The number of carboxylic acids is 1. The van der Waals surface area contributed by atoms with Gasteiger partial charge in [-0.15, -0.1) is 0 Å². The average Bonchev–Trinajstić information content (AvgIpc) is 2.59. The molecule has 1 heterocycles. The summed E-state index contributed by atoms with van der Waals surface area (Å²) in [5, 5.41) is 9.26. The molecule has 0 spiro atoms. The molecule has 158 valence electrons. The molecular weight excluding hydrogens is 449 g/mol. The summed E-state index contributed by atoms with van der Waals surface area (Å²) in [5.74, 6) is -1.97. The van der Waals surface area contributed by atoms with Crippen LogP contribution in [0.25, 0.3) is 0 Å². The number of nitrogens with one attached hydrogen (secondary N) is 1. The van der Waals surface area contributed by atoms with Crippen molar-refractivity contribution in [1.82, 2.24) is 9.03 Å². The minimum absolute atomic E-state index is 0.0482. The largest absolute Gasteiger partial charge is 0.511 e. The minimum Gasteiger partial charge on any atom is -0.478 e. The van der Waals surface area contributed by atoms with Crippen molar-refractivity contribution >= 4 is 37.6 Å². The first-order chi connectivity index (χ1) is 12.8. The molecule has 0 saturated carbocycles. The van der Waals surface area contributed by atoms with Crippen LogP contribution < -0.4 is 4.72 Å². The Labute approximate surface area is 164 Å². The predicted molar refractivity (Wildman–Crippen MR) is 92.9 cm³/mol. The zero-order valence-corrected chi connectivity index (χ0v) is 16.5. The van der Waals surface area contributed by atoms with Gasteiger partial charge in [0.1, 0.15) is 0 Å². The fourth-order valence-electron chi connectivity index (χ4n) is 2.70. The molecule has 2 N–H and O–H groups in total. The van der Waals surface area contributed by atoms with Gasteiger partial charge in [-0.05, 0) is 37.0 Å². The van der Waals surface area contributed by atoms with Gasteiger partial charge in [-0.25, -0.2) is 26.4 Å². The van der Waals surface area contributed by atoms with E-state index in [4.69, 9.17) is 11.6 Å². The summed E-state index contributed by atoms with van der Waals surface area (Å²) < 4.78 is 87.0. The maximum atomic E-state index is 12.7. The van der Waals surface area contributed by atoms with Gasteiger partial charge < -0.3 is 5.11 Å². The van der Waals surface area contributed by atoms with Crippen molar-refractivity contribution in [2.75, 3.05) is 19.6 Å². The highest BCUT2D eigenvalue weighted by Crippen LogP contribution is 2.28. The Kier molecular flexibility index (Phi) is 6.65. The molecule has 1 aliphatic rings. The second kappa shape index (κ2) is 8.14. The lowest BCUT2D eigenvalue weighted by Gasteiger charge is -2.31. The molecule has 1 aromatic carbocycles. The Hall–Kier alpha value is -1.41. The first-order valence-corrected chi connectivity index (χ1v) is 11.1. The average molecular weight is 465 g/mol. The number of carbonyl (C=O) groups is 1. The smallest absolute Gasteiger partial charge is 0.478 e. The van der Waals surface area contributed by atoms with E-state index in [0.717, 1.165) is 16.4 Å². The van der Waals surface area contributed by atoms with E-state index in [1.165, 1.54) is 10.8 Å². The van der Waals surface area contributed by atoms with Crippen molar-refractivity contribution in [2.24, 2.45) is 5.92 Å². The van der Waals surface area contributed by atoms with E-state index in [9.17, 15) is 39.9 Å². The lowest BCUT2D eigenvalue weighted by atomic mass is 9.99. The number of piperidine rings is 1. The van der Waals surface area contributed by atoms with Crippen LogP contribution in [0, 0.1) is 5.92 Å². The van der Waals surface area contributed by atoms with Crippen LogP contribution in [-0.4, -0.2) is 57.4 Å². The van der Waals surface area contributed by atoms with Crippen LogP contribution in [0.15, 0.2) is 23.1 Å². The van der Waals surface area contributed by atoms with Crippen LogP contribution in [0.2, 0.25) is 5.02 Å². The van der Waals surface area contributed by atoms with E-state index in [1.54, 1.807) is 0 Å². The van der Waals surface area contributed by atoms with Crippen LogP contribution in [-0.2, 0) is 20.0 Å². The molecule has 28 heavy (non-hydrogen) atoms. The van der Waals surface area contributed by atoms with Crippen molar-refractivity contribution in [1.29, 1.82) is 0 Å². The van der Waals surface area contributed by atoms with Gasteiger partial charge in [0.2, 0.25) is 10.0 Å². The fraction of sp³-hybridized carbons (Fsp3) is 0.500. The number of alkyl halides is 3. The van der Waals surface area contributed by atoms with Gasteiger partial charge in [0.15, 0.2) is 0 Å². The summed E-state index contributed by atoms with van der Waals surface area (Å²) >= 11 is 5.71. The summed E-state index contributed by atoms with van der Waals surface area (Å²) in [6.45, 7) is -0.665. The van der Waals surface area contributed by atoms with E-state index in [0.29, 0.717) is 0 Å². The maximum absolute atomic E-state index is 12.7. The third kappa shape index (κ3) is 4.95. The third-order valence-corrected chi connectivity index (χ3v) is 7.58. The number of aromatic carboxylic acids is 1. The normalized spacial score (nSPS) is 17.6. The molecule has 1 aliphatic heterocycles. The molecular formula is C14H16ClF3N2O6S2. The zero-order chi connectivity index (χ0) is 21.3. The molecule has 0 radical (unpaired) electrons. The Bertz CT molecular complexity index is 958. The van der Waals surface area contributed by atoms with E-state index >= 15 is 0 Å². The van der Waals surface area contributed by atoms with Gasteiger partial charge >= 0.3 is 21.5 Å². The van der Waals surface area contributed by atoms with Crippen LogP contribution >= 0.6 is 11.6 Å². The molecule has 1 saturated heterocycles. The van der Waals surface area contributed by atoms with Crippen LogP contribution in [0.4, 0.5) is 13.2 Å². The summed E-state index contributed by atoms with van der Waals surface area (Å²) in [5.41, 5.74) is -5.91. The summed E-state index contributed by atoms with van der Waals surface area (Å²) in [7, 11) is -9.63. The van der Waals surface area contributed by atoms with Crippen molar-refractivity contribution in [3.8, 4) is 0 Å². The van der Waals surface area contributed by atoms with E-state index in [-0.39, 0.29) is 31.0 Å². The summed E-state index contributed by atoms with van der Waals surface area (Å²) in [6, 6.07) is 3.32. The third-order valence-electron chi connectivity index (χ3n) is 4.23. The Balaban J connectivity index is 2.08.